The van der Waals surface area contributed by atoms with Gasteiger partial charge in [0.15, 0.2) is 0 Å². The smallest absolute Gasteiger partial charge is 0.220 e. The van der Waals surface area contributed by atoms with Gasteiger partial charge >= 0.3 is 0 Å². The van der Waals surface area contributed by atoms with Gasteiger partial charge in [-0.2, -0.15) is 0 Å². The summed E-state index contributed by atoms with van der Waals surface area (Å²) in [5.41, 5.74) is 2.26. The van der Waals surface area contributed by atoms with E-state index in [-0.39, 0.29) is 5.91 Å². The number of imidazole rings is 1. The van der Waals surface area contributed by atoms with Gasteiger partial charge in [-0.05, 0) is 31.9 Å². The number of hydrogen-bond acceptors (Lipinski definition) is 4. The van der Waals surface area contributed by atoms with Crippen molar-refractivity contribution in [1.82, 2.24) is 19.9 Å². The van der Waals surface area contributed by atoms with Gasteiger partial charge in [-0.1, -0.05) is 25.0 Å². The van der Waals surface area contributed by atoms with Crippen molar-refractivity contribution in [1.29, 1.82) is 0 Å². The number of aromatic nitrogens is 3. The lowest BCUT2D eigenvalue weighted by atomic mass is 10.2. The third-order valence-electron chi connectivity index (χ3n) is 5.32. The number of rotatable bonds is 7. The van der Waals surface area contributed by atoms with Crippen LogP contribution in [0.15, 0.2) is 30.5 Å². The Morgan fingerprint density at radius 2 is 2.07 bits per heavy atom. The lowest BCUT2D eigenvalue weighted by Gasteiger charge is -2.17. The molecule has 6 heteroatoms. The number of aryl methyl sites for hydroxylation is 2. The van der Waals surface area contributed by atoms with Crippen LogP contribution in [-0.2, 0) is 17.6 Å². The molecule has 27 heavy (non-hydrogen) atoms. The number of carbonyl (C=O) groups is 1. The van der Waals surface area contributed by atoms with Crippen LogP contribution in [0.2, 0.25) is 0 Å². The molecule has 5 nitrogen and oxygen atoms in total. The number of para-hydroxylation sites is 1. The summed E-state index contributed by atoms with van der Waals surface area (Å²) in [4.78, 5) is 21.4. The Bertz CT molecular complexity index is 890. The van der Waals surface area contributed by atoms with E-state index in [1.54, 1.807) is 11.3 Å². The lowest BCUT2D eigenvalue weighted by molar-refractivity contribution is -0.121. The van der Waals surface area contributed by atoms with Crippen molar-refractivity contribution < 1.29 is 4.79 Å². The Hall–Kier alpha value is -2.21. The van der Waals surface area contributed by atoms with Crippen LogP contribution in [0.1, 0.15) is 54.7 Å². The van der Waals surface area contributed by atoms with Crippen molar-refractivity contribution in [2.45, 2.75) is 57.9 Å². The maximum atomic E-state index is 12.2. The summed E-state index contributed by atoms with van der Waals surface area (Å²) in [7, 11) is 0. The highest BCUT2D eigenvalue weighted by Gasteiger charge is 2.21. The van der Waals surface area contributed by atoms with E-state index in [0.29, 0.717) is 25.4 Å². The number of hydrogen-bond donors (Lipinski definition) is 1. The first kappa shape index (κ1) is 18.2. The Morgan fingerprint density at radius 3 is 2.89 bits per heavy atom. The predicted molar refractivity (Wildman–Crippen MR) is 109 cm³/mol. The molecule has 1 N–H and O–H groups in total. The van der Waals surface area contributed by atoms with Crippen molar-refractivity contribution >= 4 is 27.5 Å². The maximum absolute atomic E-state index is 12.2. The van der Waals surface area contributed by atoms with E-state index in [1.165, 1.54) is 36.1 Å². The van der Waals surface area contributed by atoms with E-state index >= 15 is 0 Å². The van der Waals surface area contributed by atoms with Crippen molar-refractivity contribution in [3.05, 3.63) is 47.0 Å². The van der Waals surface area contributed by atoms with Crippen LogP contribution in [-0.4, -0.2) is 27.0 Å². The van der Waals surface area contributed by atoms with Gasteiger partial charge in [0.1, 0.15) is 5.82 Å². The molecule has 0 bridgehead atoms. The highest BCUT2D eigenvalue weighted by atomic mass is 32.1. The quantitative estimate of drug-likeness (QED) is 0.666. The minimum Gasteiger partial charge on any atom is -0.356 e. The van der Waals surface area contributed by atoms with Gasteiger partial charge in [0.05, 0.1) is 15.2 Å². The second kappa shape index (κ2) is 8.21. The third kappa shape index (κ3) is 4.21. The van der Waals surface area contributed by atoms with Crippen LogP contribution in [0.5, 0.6) is 0 Å². The fourth-order valence-electron chi connectivity index (χ4n) is 3.99. The van der Waals surface area contributed by atoms with Crippen molar-refractivity contribution in [2.24, 2.45) is 0 Å². The van der Waals surface area contributed by atoms with Crippen molar-refractivity contribution in [2.75, 3.05) is 6.54 Å². The number of benzene rings is 1. The number of nitrogens with zero attached hydrogens (tertiary/aromatic N) is 3. The highest BCUT2D eigenvalue weighted by molar-refractivity contribution is 7.18. The van der Waals surface area contributed by atoms with Gasteiger partial charge < -0.3 is 9.88 Å². The van der Waals surface area contributed by atoms with Crippen LogP contribution in [0.25, 0.3) is 10.2 Å². The largest absolute Gasteiger partial charge is 0.356 e. The SMILES string of the molecule is Cc1cnc(CCNC(=O)CCc2nc3ccccc3s2)n1C1CCCC1. The average molecular weight is 383 g/mol. The molecule has 0 saturated heterocycles. The normalized spacial score (nSPS) is 14.9. The number of amides is 1. The van der Waals surface area contributed by atoms with E-state index in [0.717, 1.165) is 22.8 Å². The Kier molecular flexibility index (Phi) is 5.53. The van der Waals surface area contributed by atoms with E-state index in [4.69, 9.17) is 0 Å². The van der Waals surface area contributed by atoms with Crippen LogP contribution >= 0.6 is 11.3 Å². The molecule has 0 atom stereocenters. The average Bonchev–Trinajstić information content (AvgIpc) is 3.39. The van der Waals surface area contributed by atoms with Crippen LogP contribution < -0.4 is 5.32 Å². The number of carbonyl (C=O) groups excluding carboxylic acids is 1. The molecule has 4 rings (SSSR count). The standard InChI is InChI=1S/C21H26N4OS/c1-15-14-23-19(25(15)16-6-2-3-7-16)12-13-22-20(26)10-11-21-24-17-8-4-5-9-18(17)27-21/h4-5,8-9,14,16H,2-3,6-7,10-13H2,1H3,(H,22,26). The molecule has 1 amide bonds. The number of nitrogens with one attached hydrogen (secondary N) is 1. The Balaban J connectivity index is 1.26. The summed E-state index contributed by atoms with van der Waals surface area (Å²) >= 11 is 1.67. The maximum Gasteiger partial charge on any atom is 0.220 e. The first-order valence-electron chi connectivity index (χ1n) is 9.84. The Labute approximate surface area is 163 Å². The zero-order valence-electron chi connectivity index (χ0n) is 15.8. The molecule has 1 aromatic carbocycles. The van der Waals surface area contributed by atoms with Crippen LogP contribution in [0, 0.1) is 6.92 Å². The van der Waals surface area contributed by atoms with Gasteiger partial charge in [0, 0.05) is 43.7 Å². The molecule has 1 aliphatic rings. The fraction of sp³-hybridized carbons (Fsp3) is 0.476. The summed E-state index contributed by atoms with van der Waals surface area (Å²) < 4.78 is 3.57. The zero-order valence-corrected chi connectivity index (χ0v) is 16.6. The molecule has 0 radical (unpaired) electrons. The number of fused-ring (bicyclic) bond motifs is 1. The van der Waals surface area contributed by atoms with Crippen molar-refractivity contribution in [3.63, 3.8) is 0 Å². The zero-order chi connectivity index (χ0) is 18.6. The second-order valence-electron chi connectivity index (χ2n) is 7.30. The number of thiazole rings is 1. The molecule has 142 valence electrons. The second-order valence-corrected chi connectivity index (χ2v) is 8.41. The van der Waals surface area contributed by atoms with Gasteiger partial charge in [-0.15, -0.1) is 11.3 Å². The molecule has 2 heterocycles. The molecule has 0 unspecified atom stereocenters. The summed E-state index contributed by atoms with van der Waals surface area (Å²) in [6, 6.07) is 8.70. The lowest BCUT2D eigenvalue weighted by Crippen LogP contribution is -2.27. The van der Waals surface area contributed by atoms with Crippen LogP contribution in [0.4, 0.5) is 0 Å². The summed E-state index contributed by atoms with van der Waals surface area (Å²) in [5, 5.41) is 4.07. The van der Waals surface area contributed by atoms with Gasteiger partial charge in [0.25, 0.3) is 0 Å². The minimum absolute atomic E-state index is 0.0879. The highest BCUT2D eigenvalue weighted by Crippen LogP contribution is 2.31. The topological polar surface area (TPSA) is 59.8 Å². The molecule has 2 aromatic heterocycles. The van der Waals surface area contributed by atoms with Gasteiger partial charge in [-0.3, -0.25) is 4.79 Å². The monoisotopic (exact) mass is 382 g/mol. The van der Waals surface area contributed by atoms with Crippen molar-refractivity contribution in [3.8, 4) is 0 Å². The van der Waals surface area contributed by atoms with E-state index in [2.05, 4.69) is 32.8 Å². The summed E-state index contributed by atoms with van der Waals surface area (Å²) in [5.74, 6) is 1.19. The van der Waals surface area contributed by atoms with Gasteiger partial charge in [-0.25, -0.2) is 9.97 Å². The predicted octanol–water partition coefficient (Wildman–Crippen LogP) is 4.21. The molecule has 3 aromatic rings. The van der Waals surface area contributed by atoms with Crippen LogP contribution in [0.3, 0.4) is 0 Å². The summed E-state index contributed by atoms with van der Waals surface area (Å²) in [6.45, 7) is 2.77. The first-order chi connectivity index (χ1) is 13.2. The molecule has 1 fully saturated rings. The molecular weight excluding hydrogens is 356 g/mol. The van der Waals surface area contributed by atoms with Gasteiger partial charge in [0.2, 0.25) is 5.91 Å². The van der Waals surface area contributed by atoms with E-state index in [1.807, 2.05) is 24.4 Å². The molecule has 1 aliphatic carbocycles. The molecule has 0 spiro atoms. The molecule has 0 aliphatic heterocycles. The minimum atomic E-state index is 0.0879. The fourth-order valence-corrected chi connectivity index (χ4v) is 4.96. The molecular formula is C21H26N4OS. The third-order valence-corrected chi connectivity index (χ3v) is 6.42. The summed E-state index contributed by atoms with van der Waals surface area (Å²) in [6.07, 6.45) is 9.04. The van der Waals surface area contributed by atoms with E-state index < -0.39 is 0 Å². The van der Waals surface area contributed by atoms with E-state index in [9.17, 15) is 4.79 Å². The first-order valence-corrected chi connectivity index (χ1v) is 10.7. The Morgan fingerprint density at radius 1 is 1.26 bits per heavy atom. The molecule has 1 saturated carbocycles.